The third-order valence-corrected chi connectivity index (χ3v) is 3.83. The van der Waals surface area contributed by atoms with E-state index in [4.69, 9.17) is 23.8 Å². The minimum absolute atomic E-state index is 0.0909. The fraction of sp³-hybridized carbons (Fsp3) is 0.200. The molecule has 16 heavy (non-hydrogen) atoms. The predicted octanol–water partition coefficient (Wildman–Crippen LogP) is 1.22. The van der Waals surface area contributed by atoms with Crippen LogP contribution in [0.3, 0.4) is 0 Å². The molecular weight excluding hydrogens is 248 g/mol. The Labute approximate surface area is 99.8 Å². The molecule has 1 aromatic carbocycles. The van der Waals surface area contributed by atoms with Crippen LogP contribution in [0.1, 0.15) is 6.42 Å². The Hall–Kier alpha value is -1.22. The second kappa shape index (κ2) is 5.21. The van der Waals surface area contributed by atoms with Crippen molar-refractivity contribution in [1.82, 2.24) is 4.72 Å². The molecule has 4 nitrogen and oxygen atoms in total. The van der Waals surface area contributed by atoms with Gasteiger partial charge in [-0.15, -0.1) is 12.3 Å². The van der Waals surface area contributed by atoms with Crippen LogP contribution in [0.2, 0.25) is 5.02 Å². The fourth-order valence-electron chi connectivity index (χ4n) is 1.14. The van der Waals surface area contributed by atoms with Gasteiger partial charge in [-0.25, -0.2) is 13.1 Å². The van der Waals surface area contributed by atoms with E-state index >= 15 is 0 Å². The number of nitrogens with one attached hydrogen (secondary N) is 1. The molecule has 0 atom stereocenters. The van der Waals surface area contributed by atoms with E-state index in [9.17, 15) is 8.42 Å². The average Bonchev–Trinajstić information content (AvgIpc) is 2.17. The first kappa shape index (κ1) is 12.8. The molecule has 1 aromatic rings. The van der Waals surface area contributed by atoms with Crippen LogP contribution >= 0.6 is 11.6 Å². The highest BCUT2D eigenvalue weighted by Gasteiger charge is 2.19. The highest BCUT2D eigenvalue weighted by atomic mass is 35.5. The summed E-state index contributed by atoms with van der Waals surface area (Å²) in [5.74, 6) is 2.33. The summed E-state index contributed by atoms with van der Waals surface area (Å²) in [5.41, 5.74) is 5.68. The third-order valence-electron chi connectivity index (χ3n) is 1.83. The standard InChI is InChI=1S/C10H11ClN2O2S/c1-2-3-7-13-16(14,15)10-8(11)5-4-6-9(10)12/h1,4-6,13H,3,7,12H2. The smallest absolute Gasteiger partial charge is 0.244 e. The lowest BCUT2D eigenvalue weighted by Gasteiger charge is -2.09. The Kier molecular flexibility index (Phi) is 4.19. The van der Waals surface area contributed by atoms with E-state index in [0.29, 0.717) is 6.42 Å². The van der Waals surface area contributed by atoms with Gasteiger partial charge >= 0.3 is 0 Å². The van der Waals surface area contributed by atoms with E-state index in [0.717, 1.165) is 0 Å². The topological polar surface area (TPSA) is 72.2 Å². The largest absolute Gasteiger partial charge is 0.398 e. The number of sulfonamides is 1. The van der Waals surface area contributed by atoms with Crippen molar-refractivity contribution in [3.05, 3.63) is 23.2 Å². The summed E-state index contributed by atoms with van der Waals surface area (Å²) in [6.45, 7) is 0.156. The Morgan fingerprint density at radius 2 is 2.19 bits per heavy atom. The third kappa shape index (κ3) is 2.89. The van der Waals surface area contributed by atoms with Crippen LogP contribution in [0.15, 0.2) is 23.1 Å². The van der Waals surface area contributed by atoms with Gasteiger partial charge in [0.25, 0.3) is 0 Å². The van der Waals surface area contributed by atoms with Crippen molar-refractivity contribution in [2.75, 3.05) is 12.3 Å². The quantitative estimate of drug-likeness (QED) is 0.485. The van der Waals surface area contributed by atoms with Gasteiger partial charge in [0, 0.05) is 13.0 Å². The first-order valence-electron chi connectivity index (χ1n) is 4.46. The average molecular weight is 259 g/mol. The molecule has 1 rings (SSSR count). The lowest BCUT2D eigenvalue weighted by Crippen LogP contribution is -2.25. The van der Waals surface area contributed by atoms with Crippen molar-refractivity contribution in [3.63, 3.8) is 0 Å². The van der Waals surface area contributed by atoms with Gasteiger partial charge in [-0.1, -0.05) is 17.7 Å². The van der Waals surface area contributed by atoms with E-state index < -0.39 is 10.0 Å². The van der Waals surface area contributed by atoms with Crippen molar-refractivity contribution >= 4 is 27.3 Å². The maximum Gasteiger partial charge on any atom is 0.244 e. The van der Waals surface area contributed by atoms with Gasteiger partial charge in [-0.2, -0.15) is 0 Å². The Bertz CT molecular complexity index is 500. The maximum atomic E-state index is 11.8. The lowest BCUT2D eigenvalue weighted by molar-refractivity contribution is 0.583. The number of halogens is 1. The van der Waals surface area contributed by atoms with Crippen molar-refractivity contribution in [3.8, 4) is 12.3 Å². The van der Waals surface area contributed by atoms with E-state index in [1.807, 2.05) is 0 Å². The van der Waals surface area contributed by atoms with E-state index in [1.54, 1.807) is 6.07 Å². The highest BCUT2D eigenvalue weighted by Crippen LogP contribution is 2.26. The van der Waals surface area contributed by atoms with Gasteiger partial charge in [0.15, 0.2) is 0 Å². The molecule has 0 saturated carbocycles. The van der Waals surface area contributed by atoms with Crippen LogP contribution in [0.25, 0.3) is 0 Å². The molecule has 0 unspecified atom stereocenters. The Morgan fingerprint density at radius 3 is 2.75 bits per heavy atom. The Balaban J connectivity index is 3.04. The summed E-state index contributed by atoms with van der Waals surface area (Å²) >= 11 is 5.79. The summed E-state index contributed by atoms with van der Waals surface area (Å²) in [5, 5.41) is 0.0909. The van der Waals surface area contributed by atoms with Crippen LogP contribution in [0.5, 0.6) is 0 Å². The van der Waals surface area contributed by atoms with Gasteiger partial charge in [0.2, 0.25) is 10.0 Å². The number of anilines is 1. The number of nitrogen functional groups attached to an aromatic ring is 1. The zero-order valence-corrected chi connectivity index (χ0v) is 9.98. The zero-order chi connectivity index (χ0) is 12.2. The molecule has 0 spiro atoms. The number of rotatable bonds is 4. The van der Waals surface area contributed by atoms with Crippen LogP contribution in [-0.4, -0.2) is 15.0 Å². The SMILES string of the molecule is C#CCCNS(=O)(=O)c1c(N)cccc1Cl. The van der Waals surface area contributed by atoms with Gasteiger partial charge in [0.05, 0.1) is 10.7 Å². The summed E-state index contributed by atoms with van der Waals surface area (Å²) in [7, 11) is -3.70. The van der Waals surface area contributed by atoms with Crippen LogP contribution in [0.4, 0.5) is 5.69 Å². The fourth-order valence-corrected chi connectivity index (χ4v) is 2.84. The summed E-state index contributed by atoms with van der Waals surface area (Å²) < 4.78 is 25.9. The predicted molar refractivity (Wildman–Crippen MR) is 64.5 cm³/mol. The molecule has 86 valence electrons. The van der Waals surface area contributed by atoms with Crippen LogP contribution in [-0.2, 0) is 10.0 Å². The first-order valence-corrected chi connectivity index (χ1v) is 6.32. The second-order valence-corrected chi connectivity index (χ2v) is 5.12. The summed E-state index contributed by atoms with van der Waals surface area (Å²) in [6, 6.07) is 4.52. The summed E-state index contributed by atoms with van der Waals surface area (Å²) in [6.07, 6.45) is 5.33. The molecule has 0 bridgehead atoms. The lowest BCUT2D eigenvalue weighted by atomic mass is 10.3. The molecular formula is C10H11ClN2O2S. The van der Waals surface area contributed by atoms with Crippen molar-refractivity contribution in [1.29, 1.82) is 0 Å². The number of hydrogen-bond acceptors (Lipinski definition) is 3. The normalized spacial score (nSPS) is 11.0. The zero-order valence-electron chi connectivity index (χ0n) is 8.40. The van der Waals surface area contributed by atoms with E-state index in [-0.39, 0.29) is 22.2 Å². The monoisotopic (exact) mass is 258 g/mol. The number of terminal acetylenes is 1. The van der Waals surface area contributed by atoms with Gasteiger partial charge in [-0.05, 0) is 12.1 Å². The Morgan fingerprint density at radius 1 is 1.50 bits per heavy atom. The molecule has 0 aromatic heterocycles. The molecule has 3 N–H and O–H groups in total. The molecule has 0 radical (unpaired) electrons. The van der Waals surface area contributed by atoms with Gasteiger partial charge < -0.3 is 5.73 Å². The molecule has 0 saturated heterocycles. The highest BCUT2D eigenvalue weighted by molar-refractivity contribution is 7.89. The molecule has 0 fully saturated rings. The summed E-state index contributed by atoms with van der Waals surface area (Å²) in [4.78, 5) is -0.103. The molecule has 6 heteroatoms. The minimum atomic E-state index is -3.70. The van der Waals surface area contributed by atoms with Crippen molar-refractivity contribution in [2.24, 2.45) is 0 Å². The maximum absolute atomic E-state index is 11.8. The number of benzene rings is 1. The molecule has 0 aliphatic heterocycles. The first-order chi connectivity index (χ1) is 7.49. The molecule has 0 heterocycles. The van der Waals surface area contributed by atoms with Crippen molar-refractivity contribution < 1.29 is 8.42 Å². The van der Waals surface area contributed by atoms with E-state index in [1.165, 1.54) is 12.1 Å². The number of hydrogen-bond donors (Lipinski definition) is 2. The second-order valence-electron chi connectivity index (χ2n) is 3.01. The molecule has 0 aliphatic rings. The van der Waals surface area contributed by atoms with Crippen LogP contribution < -0.4 is 10.5 Å². The molecule has 0 aliphatic carbocycles. The van der Waals surface area contributed by atoms with Crippen molar-refractivity contribution in [2.45, 2.75) is 11.3 Å². The van der Waals surface area contributed by atoms with E-state index in [2.05, 4.69) is 10.6 Å². The van der Waals surface area contributed by atoms with Crippen LogP contribution in [0, 0.1) is 12.3 Å². The minimum Gasteiger partial charge on any atom is -0.398 e. The molecule has 0 amide bonds. The van der Waals surface area contributed by atoms with Gasteiger partial charge in [-0.3, -0.25) is 0 Å². The number of nitrogens with two attached hydrogens (primary N) is 1. The van der Waals surface area contributed by atoms with Gasteiger partial charge in [0.1, 0.15) is 4.90 Å².